The maximum absolute atomic E-state index is 13.6. The summed E-state index contributed by atoms with van der Waals surface area (Å²) in [5, 5.41) is 2.48. The molecule has 1 atom stereocenters. The molecule has 2 aromatic rings. The van der Waals surface area contributed by atoms with Crippen LogP contribution in [0.25, 0.3) is 0 Å². The Kier molecular flexibility index (Phi) is 4.82. The number of aromatic nitrogens is 1. The van der Waals surface area contributed by atoms with Gasteiger partial charge in [-0.1, -0.05) is 6.07 Å². The Hall–Kier alpha value is -3.03. The number of rotatable bonds is 5. The summed E-state index contributed by atoms with van der Waals surface area (Å²) in [6.07, 6.45) is 0. The Bertz CT molecular complexity index is 999. The molecule has 3 amide bonds. The van der Waals surface area contributed by atoms with E-state index in [1.54, 1.807) is 13.0 Å². The number of hydrogen-bond donors (Lipinski definition) is 1. The van der Waals surface area contributed by atoms with Crippen molar-refractivity contribution in [1.29, 1.82) is 0 Å². The second-order valence-electron chi connectivity index (χ2n) is 7.03. The van der Waals surface area contributed by atoms with Gasteiger partial charge in [0, 0.05) is 23.5 Å². The number of benzene rings is 1. The van der Waals surface area contributed by atoms with Gasteiger partial charge in [0.25, 0.3) is 5.91 Å². The molecule has 0 bridgehead atoms. The molecule has 1 aromatic heterocycles. The van der Waals surface area contributed by atoms with E-state index in [1.165, 1.54) is 13.0 Å². The van der Waals surface area contributed by atoms with Crippen molar-refractivity contribution in [3.63, 3.8) is 0 Å². The number of carbonyl (C=O) groups is 3. The first-order valence-corrected chi connectivity index (χ1v) is 8.89. The molecule has 6 nitrogen and oxygen atoms in total. The van der Waals surface area contributed by atoms with E-state index in [0.717, 1.165) is 28.4 Å². The van der Waals surface area contributed by atoms with Gasteiger partial charge in [-0.2, -0.15) is 0 Å². The summed E-state index contributed by atoms with van der Waals surface area (Å²) < 4.78 is 28.8. The van der Waals surface area contributed by atoms with Gasteiger partial charge in [0.05, 0.1) is 6.54 Å². The minimum atomic E-state index is -1.58. The fourth-order valence-electron chi connectivity index (χ4n) is 3.64. The van der Waals surface area contributed by atoms with Crippen LogP contribution in [0.3, 0.4) is 0 Å². The smallest absolute Gasteiger partial charge is 0.325 e. The summed E-state index contributed by atoms with van der Waals surface area (Å²) >= 11 is 0. The van der Waals surface area contributed by atoms with Crippen molar-refractivity contribution in [3.8, 4) is 0 Å². The largest absolute Gasteiger partial charge is 0.349 e. The minimum absolute atomic E-state index is 0.101. The summed E-state index contributed by atoms with van der Waals surface area (Å²) in [5.74, 6) is -3.24. The zero-order valence-electron chi connectivity index (χ0n) is 16.1. The molecule has 148 valence electrons. The number of Topliss-reactive ketones (excluding diaryl/α,β-unsaturated/α-hetero) is 1. The van der Waals surface area contributed by atoms with Gasteiger partial charge in [-0.15, -0.1) is 0 Å². The highest BCUT2D eigenvalue weighted by Gasteiger charge is 2.49. The summed E-state index contributed by atoms with van der Waals surface area (Å²) in [6.45, 7) is 7.30. The van der Waals surface area contributed by atoms with Crippen molar-refractivity contribution in [2.75, 3.05) is 6.54 Å². The van der Waals surface area contributed by atoms with E-state index in [4.69, 9.17) is 0 Å². The van der Waals surface area contributed by atoms with Crippen molar-refractivity contribution in [2.24, 2.45) is 0 Å². The Morgan fingerprint density at radius 3 is 2.39 bits per heavy atom. The van der Waals surface area contributed by atoms with Crippen molar-refractivity contribution in [3.05, 3.63) is 58.4 Å². The third-order valence-corrected chi connectivity index (χ3v) is 5.26. The number of aryl methyl sites for hydroxylation is 1. The number of halogens is 2. The van der Waals surface area contributed by atoms with E-state index in [1.807, 2.05) is 18.4 Å². The maximum Gasteiger partial charge on any atom is 0.325 e. The molecule has 1 N–H and O–H groups in total. The van der Waals surface area contributed by atoms with Crippen molar-refractivity contribution >= 4 is 17.7 Å². The number of amides is 3. The van der Waals surface area contributed by atoms with E-state index in [2.05, 4.69) is 5.32 Å². The van der Waals surface area contributed by atoms with Crippen molar-refractivity contribution in [2.45, 2.75) is 39.8 Å². The second-order valence-corrected chi connectivity index (χ2v) is 7.03. The zero-order valence-corrected chi connectivity index (χ0v) is 16.1. The molecule has 1 aliphatic heterocycles. The van der Waals surface area contributed by atoms with E-state index in [9.17, 15) is 23.2 Å². The topological polar surface area (TPSA) is 71.4 Å². The lowest BCUT2D eigenvalue weighted by Gasteiger charge is -2.22. The number of carbonyl (C=O) groups excluding carboxylic acids is 3. The molecule has 0 radical (unpaired) electrons. The molecule has 1 aromatic carbocycles. The van der Waals surface area contributed by atoms with Crippen molar-refractivity contribution < 1.29 is 23.2 Å². The molecular formula is C20H21F2N3O3. The van der Waals surface area contributed by atoms with Crippen LogP contribution < -0.4 is 5.32 Å². The van der Waals surface area contributed by atoms with E-state index < -0.39 is 35.7 Å². The average Bonchev–Trinajstić information content (AvgIpc) is 3.05. The van der Waals surface area contributed by atoms with Crippen LogP contribution in [0.15, 0.2) is 24.3 Å². The van der Waals surface area contributed by atoms with Crippen LogP contribution >= 0.6 is 0 Å². The van der Waals surface area contributed by atoms with Crippen LogP contribution in [-0.4, -0.2) is 33.7 Å². The van der Waals surface area contributed by atoms with Gasteiger partial charge >= 0.3 is 6.03 Å². The lowest BCUT2D eigenvalue weighted by molar-refractivity contribution is -0.130. The van der Waals surface area contributed by atoms with E-state index in [0.29, 0.717) is 12.1 Å². The highest BCUT2D eigenvalue weighted by molar-refractivity contribution is 6.11. The molecule has 0 aliphatic carbocycles. The number of imide groups is 1. The summed E-state index contributed by atoms with van der Waals surface area (Å²) in [7, 11) is 0. The maximum atomic E-state index is 13.6. The molecular weight excluding hydrogens is 368 g/mol. The highest BCUT2D eigenvalue weighted by Crippen LogP contribution is 2.30. The predicted octanol–water partition coefficient (Wildman–Crippen LogP) is 3.05. The van der Waals surface area contributed by atoms with Gasteiger partial charge in [0.1, 0.15) is 5.54 Å². The zero-order chi connectivity index (χ0) is 20.8. The van der Waals surface area contributed by atoms with Gasteiger partial charge in [-0.05, 0) is 51.5 Å². The number of urea groups is 1. The van der Waals surface area contributed by atoms with Gasteiger partial charge in [0.15, 0.2) is 17.4 Å². The highest BCUT2D eigenvalue weighted by atomic mass is 19.2. The van der Waals surface area contributed by atoms with Crippen LogP contribution in [-0.2, 0) is 16.9 Å². The Balaban J connectivity index is 1.88. The number of hydrogen-bond acceptors (Lipinski definition) is 3. The standard InChI is InChI=1S/C20H21F2N3O3/c1-5-24-11(2)8-14(12(24)3)17(26)10-25-18(27)20(4,23-19(25)28)13-6-7-15(21)16(22)9-13/h6-9H,5,10H2,1-4H3,(H,23,28). The van der Waals surface area contributed by atoms with Gasteiger partial charge in [-0.3, -0.25) is 14.5 Å². The monoisotopic (exact) mass is 389 g/mol. The quantitative estimate of drug-likeness (QED) is 0.631. The molecule has 1 unspecified atom stereocenters. The van der Waals surface area contributed by atoms with Gasteiger partial charge in [0.2, 0.25) is 0 Å². The number of nitrogens with one attached hydrogen (secondary N) is 1. The molecule has 8 heteroatoms. The normalized spacial score (nSPS) is 19.3. The Morgan fingerprint density at radius 2 is 1.82 bits per heavy atom. The van der Waals surface area contributed by atoms with Crippen LogP contribution in [0, 0.1) is 25.5 Å². The summed E-state index contributed by atoms with van der Waals surface area (Å²) in [5.41, 5.74) is 0.643. The van der Waals surface area contributed by atoms with E-state index >= 15 is 0 Å². The summed E-state index contributed by atoms with van der Waals surface area (Å²) in [6, 6.07) is 3.97. The van der Waals surface area contributed by atoms with Crippen LogP contribution in [0.5, 0.6) is 0 Å². The van der Waals surface area contributed by atoms with Crippen LogP contribution in [0.4, 0.5) is 13.6 Å². The second kappa shape index (κ2) is 6.85. The lowest BCUT2D eigenvalue weighted by atomic mass is 9.92. The van der Waals surface area contributed by atoms with Crippen LogP contribution in [0.1, 0.15) is 41.2 Å². The molecule has 1 fully saturated rings. The van der Waals surface area contributed by atoms with Crippen LogP contribution in [0.2, 0.25) is 0 Å². The molecule has 3 rings (SSSR count). The first-order chi connectivity index (χ1) is 13.1. The number of nitrogens with zero attached hydrogens (tertiary/aromatic N) is 2. The Labute approximate surface area is 161 Å². The lowest BCUT2D eigenvalue weighted by Crippen LogP contribution is -2.41. The first-order valence-electron chi connectivity index (χ1n) is 8.89. The Morgan fingerprint density at radius 1 is 1.14 bits per heavy atom. The first kappa shape index (κ1) is 19.7. The fourth-order valence-corrected chi connectivity index (χ4v) is 3.64. The molecule has 0 spiro atoms. The number of ketones is 1. The molecule has 2 heterocycles. The SMILES string of the molecule is CCn1c(C)cc(C(=O)CN2C(=O)NC(C)(c3ccc(F)c(F)c3)C2=O)c1C. The van der Waals surface area contributed by atoms with Crippen molar-refractivity contribution in [1.82, 2.24) is 14.8 Å². The molecule has 0 saturated carbocycles. The van der Waals surface area contributed by atoms with E-state index in [-0.39, 0.29) is 11.3 Å². The predicted molar refractivity (Wildman–Crippen MR) is 97.9 cm³/mol. The molecule has 28 heavy (non-hydrogen) atoms. The summed E-state index contributed by atoms with van der Waals surface area (Å²) in [4.78, 5) is 38.8. The fraction of sp³-hybridized carbons (Fsp3) is 0.350. The third kappa shape index (κ3) is 2.98. The minimum Gasteiger partial charge on any atom is -0.349 e. The van der Waals surface area contributed by atoms with Gasteiger partial charge in [-0.25, -0.2) is 13.6 Å². The van der Waals surface area contributed by atoms with Gasteiger partial charge < -0.3 is 9.88 Å². The third-order valence-electron chi connectivity index (χ3n) is 5.26. The molecule has 1 aliphatic rings. The molecule has 1 saturated heterocycles. The average molecular weight is 389 g/mol.